The normalized spacial score (nSPS) is 10.2. The quantitative estimate of drug-likeness (QED) is 0.519. The summed E-state index contributed by atoms with van der Waals surface area (Å²) in [4.78, 5) is 29.6. The lowest BCUT2D eigenvalue weighted by Crippen LogP contribution is -2.14. The summed E-state index contributed by atoms with van der Waals surface area (Å²) in [5, 5.41) is 13.1. The third-order valence-corrected chi connectivity index (χ3v) is 3.35. The maximum Gasteiger partial charge on any atom is 0.271 e. The van der Waals surface area contributed by atoms with Gasteiger partial charge in [-0.3, -0.25) is 14.9 Å². The number of nitro benzene ring substituents is 1. The highest BCUT2D eigenvalue weighted by atomic mass is 35.5. The zero-order valence-electron chi connectivity index (χ0n) is 10.0. The molecule has 0 spiro atoms. The van der Waals surface area contributed by atoms with Crippen LogP contribution in [-0.2, 0) is 0 Å². The number of halogens is 3. The molecule has 7 nitrogen and oxygen atoms in total. The first-order valence-corrected chi connectivity index (χ1v) is 6.44. The fourth-order valence-corrected chi connectivity index (χ4v) is 1.99. The Morgan fingerprint density at radius 2 is 1.90 bits per heavy atom. The number of carbonyl (C=O) groups is 1. The lowest BCUT2D eigenvalue weighted by Gasteiger charge is -2.07. The molecule has 0 fully saturated rings. The van der Waals surface area contributed by atoms with Crippen molar-refractivity contribution in [3.8, 4) is 0 Å². The molecule has 1 amide bonds. The van der Waals surface area contributed by atoms with E-state index in [0.29, 0.717) is 0 Å². The van der Waals surface area contributed by atoms with E-state index >= 15 is 0 Å². The summed E-state index contributed by atoms with van der Waals surface area (Å²) in [6.45, 7) is 0. The van der Waals surface area contributed by atoms with Crippen LogP contribution in [0.1, 0.15) is 10.4 Å². The highest BCUT2D eigenvalue weighted by Crippen LogP contribution is 2.31. The first-order valence-electron chi connectivity index (χ1n) is 5.31. The Labute approximate surface area is 133 Å². The maximum atomic E-state index is 12.1. The van der Waals surface area contributed by atoms with Gasteiger partial charge in [0.15, 0.2) is 0 Å². The standard InChI is InChI=1S/C11H5Cl3N4O3/c12-7-2-5(18(20)21)1-6(10(7)14)11(19)17-9-3-8(13)15-4-16-9/h1-4H,(H,15,16,17,19). The topological polar surface area (TPSA) is 98.0 Å². The predicted molar refractivity (Wildman–Crippen MR) is 78.1 cm³/mol. The monoisotopic (exact) mass is 346 g/mol. The molecule has 0 atom stereocenters. The number of hydrogen-bond acceptors (Lipinski definition) is 5. The number of anilines is 1. The smallest absolute Gasteiger partial charge is 0.271 e. The van der Waals surface area contributed by atoms with Crippen molar-refractivity contribution in [1.29, 1.82) is 0 Å². The zero-order valence-corrected chi connectivity index (χ0v) is 12.3. The molecule has 0 saturated heterocycles. The van der Waals surface area contributed by atoms with Crippen molar-refractivity contribution in [2.75, 3.05) is 5.32 Å². The molecule has 1 heterocycles. The Morgan fingerprint density at radius 3 is 2.52 bits per heavy atom. The Bertz CT molecular complexity index is 739. The Kier molecular flexibility index (Phi) is 4.56. The predicted octanol–water partition coefficient (Wildman–Crippen LogP) is 3.60. The summed E-state index contributed by atoms with van der Waals surface area (Å²) >= 11 is 17.3. The molecule has 0 aliphatic carbocycles. The molecule has 1 aromatic heterocycles. The van der Waals surface area contributed by atoms with Crippen molar-refractivity contribution < 1.29 is 9.72 Å². The molecular weight excluding hydrogens is 343 g/mol. The lowest BCUT2D eigenvalue weighted by molar-refractivity contribution is -0.384. The molecule has 2 aromatic rings. The molecule has 0 bridgehead atoms. The van der Waals surface area contributed by atoms with E-state index in [1.807, 2.05) is 0 Å². The van der Waals surface area contributed by atoms with Gasteiger partial charge in [-0.15, -0.1) is 0 Å². The van der Waals surface area contributed by atoms with E-state index in [0.717, 1.165) is 18.5 Å². The number of amides is 1. The minimum absolute atomic E-state index is 0.0973. The van der Waals surface area contributed by atoms with Crippen molar-refractivity contribution in [1.82, 2.24) is 9.97 Å². The van der Waals surface area contributed by atoms with Gasteiger partial charge in [0.1, 0.15) is 17.3 Å². The second-order valence-electron chi connectivity index (χ2n) is 3.73. The van der Waals surface area contributed by atoms with E-state index in [2.05, 4.69) is 15.3 Å². The third-order valence-electron chi connectivity index (χ3n) is 2.34. The van der Waals surface area contributed by atoms with Gasteiger partial charge in [0.05, 0.1) is 20.5 Å². The maximum absolute atomic E-state index is 12.1. The Hall–Kier alpha value is -1.96. The number of hydrogen-bond donors (Lipinski definition) is 1. The van der Waals surface area contributed by atoms with Gasteiger partial charge >= 0.3 is 0 Å². The average Bonchev–Trinajstić information content (AvgIpc) is 2.41. The molecule has 1 N–H and O–H groups in total. The summed E-state index contributed by atoms with van der Waals surface area (Å²) < 4.78 is 0. The number of benzene rings is 1. The van der Waals surface area contributed by atoms with Crippen LogP contribution in [0.25, 0.3) is 0 Å². The molecule has 2 rings (SSSR count). The number of nitrogens with one attached hydrogen (secondary N) is 1. The summed E-state index contributed by atoms with van der Waals surface area (Å²) in [5.74, 6) is -0.584. The molecular formula is C11H5Cl3N4O3. The Balaban J connectivity index is 2.37. The number of carbonyl (C=O) groups excluding carboxylic acids is 1. The minimum atomic E-state index is -0.708. The van der Waals surface area contributed by atoms with Gasteiger partial charge in [0.25, 0.3) is 11.6 Å². The summed E-state index contributed by atoms with van der Waals surface area (Å²) in [5.41, 5.74) is -0.499. The van der Waals surface area contributed by atoms with Crippen LogP contribution in [0.5, 0.6) is 0 Å². The minimum Gasteiger partial charge on any atom is -0.306 e. The van der Waals surface area contributed by atoms with Crippen LogP contribution in [0.15, 0.2) is 24.5 Å². The van der Waals surface area contributed by atoms with Crippen LogP contribution in [0, 0.1) is 10.1 Å². The second kappa shape index (κ2) is 6.21. The van der Waals surface area contributed by atoms with Gasteiger partial charge in [-0.05, 0) is 0 Å². The SMILES string of the molecule is O=C(Nc1cc(Cl)ncn1)c1cc([N+](=O)[O-])cc(Cl)c1Cl. The van der Waals surface area contributed by atoms with Crippen LogP contribution >= 0.6 is 34.8 Å². The third kappa shape index (κ3) is 3.57. The van der Waals surface area contributed by atoms with Crippen molar-refractivity contribution in [2.45, 2.75) is 0 Å². The lowest BCUT2D eigenvalue weighted by atomic mass is 10.2. The molecule has 0 saturated carbocycles. The molecule has 0 aliphatic rings. The second-order valence-corrected chi connectivity index (χ2v) is 4.90. The number of nitro groups is 1. The van der Waals surface area contributed by atoms with E-state index in [1.165, 1.54) is 6.07 Å². The molecule has 21 heavy (non-hydrogen) atoms. The number of nitrogens with zero attached hydrogens (tertiary/aromatic N) is 3. The fourth-order valence-electron chi connectivity index (χ4n) is 1.43. The molecule has 1 aromatic carbocycles. The van der Waals surface area contributed by atoms with Crippen LogP contribution < -0.4 is 5.32 Å². The van der Waals surface area contributed by atoms with Crippen molar-refractivity contribution in [3.63, 3.8) is 0 Å². The van der Waals surface area contributed by atoms with E-state index < -0.39 is 10.8 Å². The summed E-state index contributed by atoms with van der Waals surface area (Å²) in [6.07, 6.45) is 1.15. The van der Waals surface area contributed by atoms with Gasteiger partial charge in [-0.25, -0.2) is 9.97 Å². The Morgan fingerprint density at radius 1 is 1.19 bits per heavy atom. The fraction of sp³-hybridized carbons (Fsp3) is 0. The highest BCUT2D eigenvalue weighted by molar-refractivity contribution is 6.44. The molecule has 10 heteroatoms. The summed E-state index contributed by atoms with van der Waals surface area (Å²) in [7, 11) is 0. The summed E-state index contributed by atoms with van der Waals surface area (Å²) in [6, 6.07) is 3.39. The van der Waals surface area contributed by atoms with Crippen molar-refractivity contribution in [3.05, 3.63) is 55.4 Å². The first-order chi connectivity index (χ1) is 9.88. The van der Waals surface area contributed by atoms with Gasteiger partial charge in [0, 0.05) is 18.2 Å². The average molecular weight is 348 g/mol. The van der Waals surface area contributed by atoms with E-state index in [-0.39, 0.29) is 32.3 Å². The van der Waals surface area contributed by atoms with Gasteiger partial charge in [0.2, 0.25) is 0 Å². The molecule has 0 aliphatic heterocycles. The van der Waals surface area contributed by atoms with E-state index in [9.17, 15) is 14.9 Å². The van der Waals surface area contributed by atoms with Crippen LogP contribution in [-0.4, -0.2) is 20.8 Å². The van der Waals surface area contributed by atoms with Crippen molar-refractivity contribution in [2.24, 2.45) is 0 Å². The first kappa shape index (κ1) is 15.4. The number of rotatable bonds is 3. The largest absolute Gasteiger partial charge is 0.306 e. The van der Waals surface area contributed by atoms with Crippen molar-refractivity contribution >= 4 is 52.2 Å². The highest BCUT2D eigenvalue weighted by Gasteiger charge is 2.19. The van der Waals surface area contributed by atoms with Gasteiger partial charge < -0.3 is 5.32 Å². The van der Waals surface area contributed by atoms with Crippen LogP contribution in [0.4, 0.5) is 11.5 Å². The van der Waals surface area contributed by atoms with Crippen LogP contribution in [0.2, 0.25) is 15.2 Å². The number of non-ortho nitro benzene ring substituents is 1. The van der Waals surface area contributed by atoms with E-state index in [4.69, 9.17) is 34.8 Å². The molecule has 108 valence electrons. The van der Waals surface area contributed by atoms with Gasteiger partial charge in [-0.1, -0.05) is 34.8 Å². The van der Waals surface area contributed by atoms with Gasteiger partial charge in [-0.2, -0.15) is 0 Å². The van der Waals surface area contributed by atoms with Crippen LogP contribution in [0.3, 0.4) is 0 Å². The molecule has 0 unspecified atom stereocenters. The van der Waals surface area contributed by atoms with E-state index in [1.54, 1.807) is 0 Å². The molecule has 0 radical (unpaired) electrons. The number of aromatic nitrogens is 2. The zero-order chi connectivity index (χ0) is 15.6.